The summed E-state index contributed by atoms with van der Waals surface area (Å²) < 4.78 is 11.8. The van der Waals surface area contributed by atoms with E-state index < -0.39 is 10.8 Å². The Hall–Kier alpha value is -0.260. The lowest BCUT2D eigenvalue weighted by molar-refractivity contribution is 0.382. The molecule has 1 fully saturated rings. The summed E-state index contributed by atoms with van der Waals surface area (Å²) in [5, 5.41) is 4.22. The SMILES string of the molecule is Cc1nc(CS(=O)CC2CNC2)sc1C. The second-order valence-corrected chi connectivity index (χ2v) is 6.81. The lowest BCUT2D eigenvalue weighted by atomic mass is 10.1. The Balaban J connectivity index is 1.87. The van der Waals surface area contributed by atoms with Gasteiger partial charge in [-0.25, -0.2) is 4.98 Å². The van der Waals surface area contributed by atoms with E-state index in [2.05, 4.69) is 17.2 Å². The Labute approximate surface area is 96.8 Å². The third-order valence-corrected chi connectivity index (χ3v) is 5.34. The third kappa shape index (κ3) is 2.86. The van der Waals surface area contributed by atoms with Gasteiger partial charge in [-0.15, -0.1) is 11.3 Å². The van der Waals surface area contributed by atoms with Gasteiger partial charge in [-0.3, -0.25) is 4.21 Å². The number of thiazole rings is 1. The van der Waals surface area contributed by atoms with Crippen LogP contribution in [0.3, 0.4) is 0 Å². The molecule has 2 heterocycles. The lowest BCUT2D eigenvalue weighted by Gasteiger charge is -2.26. The smallest absolute Gasteiger partial charge is 0.106 e. The maximum absolute atomic E-state index is 11.8. The maximum Gasteiger partial charge on any atom is 0.106 e. The number of nitrogens with zero attached hydrogens (tertiary/aromatic N) is 1. The van der Waals surface area contributed by atoms with E-state index in [1.54, 1.807) is 11.3 Å². The van der Waals surface area contributed by atoms with Crippen molar-refractivity contribution in [3.8, 4) is 0 Å². The first-order valence-electron chi connectivity index (χ1n) is 5.13. The molecule has 1 aliphatic rings. The molecule has 1 saturated heterocycles. The number of hydrogen-bond donors (Lipinski definition) is 1. The van der Waals surface area contributed by atoms with Gasteiger partial charge in [0.1, 0.15) is 5.01 Å². The van der Waals surface area contributed by atoms with Gasteiger partial charge in [-0.1, -0.05) is 0 Å². The van der Waals surface area contributed by atoms with Gasteiger partial charge in [-0.05, 0) is 19.8 Å². The van der Waals surface area contributed by atoms with Gasteiger partial charge in [0.05, 0.1) is 11.4 Å². The highest BCUT2D eigenvalue weighted by Crippen LogP contribution is 2.18. The highest BCUT2D eigenvalue weighted by atomic mass is 32.2. The zero-order valence-corrected chi connectivity index (χ0v) is 10.7. The Kier molecular flexibility index (Phi) is 3.53. The van der Waals surface area contributed by atoms with Gasteiger partial charge in [0.2, 0.25) is 0 Å². The van der Waals surface area contributed by atoms with Gasteiger partial charge in [0.25, 0.3) is 0 Å². The van der Waals surface area contributed by atoms with Crippen molar-refractivity contribution in [2.24, 2.45) is 5.92 Å². The monoisotopic (exact) mass is 244 g/mol. The van der Waals surface area contributed by atoms with E-state index in [4.69, 9.17) is 0 Å². The van der Waals surface area contributed by atoms with E-state index in [0.29, 0.717) is 11.7 Å². The number of hydrogen-bond acceptors (Lipinski definition) is 4. The topological polar surface area (TPSA) is 42.0 Å². The molecular formula is C10H16N2OS2. The van der Waals surface area contributed by atoms with Crippen molar-refractivity contribution in [3.05, 3.63) is 15.6 Å². The van der Waals surface area contributed by atoms with Gasteiger partial charge < -0.3 is 5.32 Å². The van der Waals surface area contributed by atoms with Gasteiger partial charge in [-0.2, -0.15) is 0 Å². The zero-order chi connectivity index (χ0) is 10.8. The second kappa shape index (κ2) is 4.72. The molecule has 1 aromatic heterocycles. The first kappa shape index (κ1) is 11.2. The van der Waals surface area contributed by atoms with E-state index in [-0.39, 0.29) is 0 Å². The normalized spacial score (nSPS) is 18.8. The molecule has 0 radical (unpaired) electrons. The molecule has 1 atom stereocenters. The van der Waals surface area contributed by atoms with Crippen molar-refractivity contribution < 1.29 is 4.21 Å². The third-order valence-electron chi connectivity index (χ3n) is 2.64. The largest absolute Gasteiger partial charge is 0.316 e. The minimum absolute atomic E-state index is 0.619. The van der Waals surface area contributed by atoms with Gasteiger partial charge in [0.15, 0.2) is 0 Å². The van der Waals surface area contributed by atoms with Crippen LogP contribution in [0.2, 0.25) is 0 Å². The summed E-state index contributed by atoms with van der Waals surface area (Å²) >= 11 is 1.68. The summed E-state index contributed by atoms with van der Waals surface area (Å²) in [6.45, 7) is 6.13. The average Bonchev–Trinajstić information content (AvgIpc) is 2.39. The predicted octanol–water partition coefficient (Wildman–Crippen LogP) is 1.23. The highest BCUT2D eigenvalue weighted by Gasteiger charge is 2.20. The standard InChI is InChI=1S/C10H16N2OS2/c1-7-8(2)14-10(12-7)6-15(13)5-9-3-11-4-9/h9,11H,3-6H2,1-2H3. The molecule has 1 aliphatic heterocycles. The van der Waals surface area contributed by atoms with E-state index in [1.165, 1.54) is 4.88 Å². The summed E-state index contributed by atoms with van der Waals surface area (Å²) in [7, 11) is -0.737. The molecule has 3 nitrogen and oxygen atoms in total. The first-order chi connectivity index (χ1) is 7.15. The molecule has 5 heteroatoms. The fourth-order valence-electron chi connectivity index (χ4n) is 1.53. The fourth-order valence-corrected chi connectivity index (χ4v) is 4.11. The van der Waals surface area contributed by atoms with Crippen molar-refractivity contribution >= 4 is 22.1 Å². The van der Waals surface area contributed by atoms with Crippen LogP contribution in [-0.2, 0) is 16.6 Å². The minimum atomic E-state index is -0.737. The van der Waals surface area contributed by atoms with Crippen LogP contribution in [0.5, 0.6) is 0 Å². The molecule has 0 bridgehead atoms. The number of rotatable bonds is 4. The Morgan fingerprint density at radius 3 is 2.73 bits per heavy atom. The summed E-state index contributed by atoms with van der Waals surface area (Å²) in [4.78, 5) is 5.65. The molecule has 0 aliphatic carbocycles. The van der Waals surface area contributed by atoms with E-state index in [0.717, 1.165) is 29.5 Å². The second-order valence-electron chi connectivity index (χ2n) is 4.02. The summed E-state index contributed by atoms with van der Waals surface area (Å²) in [5.74, 6) is 2.08. The molecule has 0 amide bonds. The van der Waals surface area contributed by atoms with Crippen LogP contribution >= 0.6 is 11.3 Å². The van der Waals surface area contributed by atoms with E-state index >= 15 is 0 Å². The van der Waals surface area contributed by atoms with Crippen molar-refractivity contribution in [3.63, 3.8) is 0 Å². The Bertz CT molecular complexity index is 352. The molecule has 1 unspecified atom stereocenters. The van der Waals surface area contributed by atoms with Crippen LogP contribution in [-0.4, -0.2) is 28.0 Å². The van der Waals surface area contributed by atoms with Gasteiger partial charge in [0, 0.05) is 34.5 Å². The summed E-state index contributed by atoms with van der Waals surface area (Å²) in [5.41, 5.74) is 1.08. The predicted molar refractivity (Wildman–Crippen MR) is 64.7 cm³/mol. The Morgan fingerprint density at radius 2 is 2.27 bits per heavy atom. The highest BCUT2D eigenvalue weighted by molar-refractivity contribution is 7.84. The van der Waals surface area contributed by atoms with Crippen molar-refractivity contribution in [2.75, 3.05) is 18.8 Å². The molecule has 1 aromatic rings. The fraction of sp³-hybridized carbons (Fsp3) is 0.700. The van der Waals surface area contributed by atoms with Crippen LogP contribution in [0.1, 0.15) is 15.6 Å². The minimum Gasteiger partial charge on any atom is -0.316 e. The average molecular weight is 244 g/mol. The quantitative estimate of drug-likeness (QED) is 0.866. The molecule has 1 N–H and O–H groups in total. The number of nitrogens with one attached hydrogen (secondary N) is 1. The first-order valence-corrected chi connectivity index (χ1v) is 7.44. The van der Waals surface area contributed by atoms with Crippen molar-refractivity contribution in [1.29, 1.82) is 0 Å². The number of aromatic nitrogens is 1. The number of aryl methyl sites for hydroxylation is 2. The molecule has 84 valence electrons. The van der Waals surface area contributed by atoms with Crippen molar-refractivity contribution in [2.45, 2.75) is 19.6 Å². The molecule has 15 heavy (non-hydrogen) atoms. The molecule has 2 rings (SSSR count). The molecule has 0 spiro atoms. The van der Waals surface area contributed by atoms with Crippen molar-refractivity contribution in [1.82, 2.24) is 10.3 Å². The van der Waals surface area contributed by atoms with Crippen LogP contribution in [0, 0.1) is 19.8 Å². The molecule has 0 aromatic carbocycles. The lowest BCUT2D eigenvalue weighted by Crippen LogP contribution is -2.44. The zero-order valence-electron chi connectivity index (χ0n) is 9.08. The van der Waals surface area contributed by atoms with Gasteiger partial charge >= 0.3 is 0 Å². The van der Waals surface area contributed by atoms with E-state index in [1.807, 2.05) is 6.92 Å². The van der Waals surface area contributed by atoms with E-state index in [9.17, 15) is 4.21 Å². The van der Waals surface area contributed by atoms with Crippen LogP contribution in [0.4, 0.5) is 0 Å². The molecule has 0 saturated carbocycles. The van der Waals surface area contributed by atoms with Crippen LogP contribution in [0.15, 0.2) is 0 Å². The summed E-state index contributed by atoms with van der Waals surface area (Å²) in [6, 6.07) is 0. The maximum atomic E-state index is 11.8. The van der Waals surface area contributed by atoms with Crippen LogP contribution < -0.4 is 5.32 Å². The summed E-state index contributed by atoms with van der Waals surface area (Å²) in [6.07, 6.45) is 0. The molecular weight excluding hydrogens is 228 g/mol. The Morgan fingerprint density at radius 1 is 1.53 bits per heavy atom. The van der Waals surface area contributed by atoms with Crippen LogP contribution in [0.25, 0.3) is 0 Å².